The Balaban J connectivity index is 0.923. The van der Waals surface area contributed by atoms with Gasteiger partial charge in [0.1, 0.15) is 0 Å². The van der Waals surface area contributed by atoms with Crippen LogP contribution in [0, 0.1) is 0 Å². The number of nitrogens with zero attached hydrogens (tertiary/aromatic N) is 4. The van der Waals surface area contributed by atoms with Gasteiger partial charge in [0, 0.05) is 44.0 Å². The molecule has 0 bridgehead atoms. The van der Waals surface area contributed by atoms with Gasteiger partial charge in [-0.05, 0) is 129 Å². The Morgan fingerprint density at radius 3 is 0.971 bits per heavy atom. The fourth-order valence-corrected chi connectivity index (χ4v) is 10.1. The molecule has 328 valence electrons. The van der Waals surface area contributed by atoms with Crippen molar-refractivity contribution in [2.75, 3.05) is 0 Å². The summed E-state index contributed by atoms with van der Waals surface area (Å²) in [5.74, 6) is 0. The second-order valence-electron chi connectivity index (χ2n) is 20.3. The summed E-state index contributed by atoms with van der Waals surface area (Å²) in [5, 5.41) is 5.03. The predicted octanol–water partition coefficient (Wildman–Crippen LogP) is 17.1. The maximum absolute atomic E-state index is 5.29. The van der Waals surface area contributed by atoms with Crippen molar-refractivity contribution in [2.24, 2.45) is 0 Å². The molecule has 9 aromatic carbocycles. The molecule has 0 unspecified atom stereocenters. The van der Waals surface area contributed by atoms with E-state index >= 15 is 0 Å². The molecule has 0 saturated heterocycles. The zero-order valence-electron chi connectivity index (χ0n) is 39.4. The van der Waals surface area contributed by atoms with Crippen LogP contribution in [0.5, 0.6) is 0 Å². The van der Waals surface area contributed by atoms with Crippen LogP contribution >= 0.6 is 0 Å². The minimum Gasteiger partial charge on any atom is -0.309 e. The van der Waals surface area contributed by atoms with E-state index in [0.717, 1.165) is 56.0 Å². The van der Waals surface area contributed by atoms with E-state index in [1.807, 2.05) is 12.1 Å². The molecule has 12 aromatic rings. The number of aromatic nitrogens is 4. The van der Waals surface area contributed by atoms with Crippen LogP contribution in [-0.4, -0.2) is 19.1 Å². The zero-order chi connectivity index (χ0) is 46.3. The Labute approximate surface area is 397 Å². The van der Waals surface area contributed by atoms with E-state index in [4.69, 9.17) is 9.97 Å². The fraction of sp³-hybridized carbons (Fsp3) is 0.125. The van der Waals surface area contributed by atoms with Crippen LogP contribution in [0.4, 0.5) is 0 Å². The topological polar surface area (TPSA) is 35.6 Å². The highest BCUT2D eigenvalue weighted by Gasteiger charge is 2.21. The van der Waals surface area contributed by atoms with Crippen LogP contribution in [0.3, 0.4) is 0 Å². The van der Waals surface area contributed by atoms with Crippen molar-refractivity contribution in [1.82, 2.24) is 19.1 Å². The van der Waals surface area contributed by atoms with Gasteiger partial charge in [0.15, 0.2) is 0 Å². The number of para-hydroxylation sites is 4. The van der Waals surface area contributed by atoms with Crippen LogP contribution in [0.25, 0.3) is 111 Å². The van der Waals surface area contributed by atoms with E-state index in [1.54, 1.807) is 0 Å². The van der Waals surface area contributed by atoms with E-state index in [2.05, 4.69) is 245 Å². The second-order valence-corrected chi connectivity index (χ2v) is 20.3. The summed E-state index contributed by atoms with van der Waals surface area (Å²) in [6.07, 6.45) is 0. The van der Waals surface area contributed by atoms with Gasteiger partial charge in [0.25, 0.3) is 0 Å². The minimum atomic E-state index is 0.0355. The lowest BCUT2D eigenvalue weighted by molar-refractivity contribution is 0.591. The Hall–Kier alpha value is -8.08. The third-order valence-electron chi connectivity index (χ3n) is 13.8. The molecule has 0 radical (unpaired) electrons. The maximum Gasteiger partial charge on any atom is 0.0973 e. The predicted molar refractivity (Wildman–Crippen MR) is 287 cm³/mol. The van der Waals surface area contributed by atoms with E-state index in [0.29, 0.717) is 0 Å². The van der Waals surface area contributed by atoms with Crippen molar-refractivity contribution >= 4 is 54.6 Å². The summed E-state index contributed by atoms with van der Waals surface area (Å²) in [7, 11) is 0. The molecule has 3 aromatic heterocycles. The Bertz CT molecular complexity index is 3620. The van der Waals surface area contributed by atoms with Crippen LogP contribution in [-0.2, 0) is 10.8 Å². The molecule has 0 amide bonds. The lowest BCUT2D eigenvalue weighted by atomic mass is 9.86. The number of hydrogen-bond acceptors (Lipinski definition) is 2. The minimum absolute atomic E-state index is 0.0355. The monoisotopic (exact) mass is 876 g/mol. The average molecular weight is 877 g/mol. The zero-order valence-corrected chi connectivity index (χ0v) is 39.4. The molecule has 3 heterocycles. The highest BCUT2D eigenvalue weighted by molar-refractivity contribution is 6.12. The van der Waals surface area contributed by atoms with Crippen LogP contribution in [0.1, 0.15) is 52.7 Å². The second kappa shape index (κ2) is 15.8. The van der Waals surface area contributed by atoms with Crippen molar-refractivity contribution in [3.63, 3.8) is 0 Å². The Morgan fingerprint density at radius 2 is 0.603 bits per heavy atom. The first-order valence-electron chi connectivity index (χ1n) is 23.7. The first-order chi connectivity index (χ1) is 33.0. The van der Waals surface area contributed by atoms with Crippen molar-refractivity contribution in [1.29, 1.82) is 0 Å². The molecule has 0 N–H and O–H groups in total. The first-order valence-corrected chi connectivity index (χ1v) is 23.7. The summed E-state index contributed by atoms with van der Waals surface area (Å²) in [4.78, 5) is 10.6. The van der Waals surface area contributed by atoms with Gasteiger partial charge in [-0.3, -0.25) is 0 Å². The van der Waals surface area contributed by atoms with Gasteiger partial charge >= 0.3 is 0 Å². The molecular formula is C64H52N4. The molecule has 0 aliphatic heterocycles. The smallest absolute Gasteiger partial charge is 0.0973 e. The van der Waals surface area contributed by atoms with E-state index in [9.17, 15) is 0 Å². The normalized spacial score (nSPS) is 12.3. The van der Waals surface area contributed by atoms with Crippen LogP contribution < -0.4 is 0 Å². The number of rotatable bonds is 6. The quantitative estimate of drug-likeness (QED) is 0.167. The molecule has 0 fully saturated rings. The number of hydrogen-bond donors (Lipinski definition) is 0. The van der Waals surface area contributed by atoms with Gasteiger partial charge in [-0.25, -0.2) is 9.97 Å². The molecule has 0 spiro atoms. The third-order valence-corrected chi connectivity index (χ3v) is 13.8. The van der Waals surface area contributed by atoms with Gasteiger partial charge in [-0.15, -0.1) is 0 Å². The largest absolute Gasteiger partial charge is 0.309 e. The molecular weight excluding hydrogens is 825 g/mol. The molecule has 68 heavy (non-hydrogen) atoms. The highest BCUT2D eigenvalue weighted by Crippen LogP contribution is 2.41. The molecule has 4 heteroatoms. The molecule has 0 aliphatic carbocycles. The van der Waals surface area contributed by atoms with E-state index in [1.165, 1.54) is 65.9 Å². The number of benzene rings is 9. The van der Waals surface area contributed by atoms with Crippen LogP contribution in [0.2, 0.25) is 0 Å². The molecule has 0 saturated carbocycles. The van der Waals surface area contributed by atoms with Crippen molar-refractivity contribution in [2.45, 2.75) is 52.4 Å². The van der Waals surface area contributed by atoms with Gasteiger partial charge in [-0.1, -0.05) is 163 Å². The molecule has 4 nitrogen and oxygen atoms in total. The maximum atomic E-state index is 5.29. The van der Waals surface area contributed by atoms with Crippen LogP contribution in [0.15, 0.2) is 206 Å². The van der Waals surface area contributed by atoms with Crippen molar-refractivity contribution in [3.8, 4) is 56.1 Å². The highest BCUT2D eigenvalue weighted by atomic mass is 15.0. The Morgan fingerprint density at radius 1 is 0.294 bits per heavy atom. The summed E-state index contributed by atoms with van der Waals surface area (Å²) >= 11 is 0. The third kappa shape index (κ3) is 7.07. The summed E-state index contributed by atoms with van der Waals surface area (Å²) in [6, 6.07) is 75.0. The van der Waals surface area contributed by atoms with Gasteiger partial charge < -0.3 is 9.13 Å². The van der Waals surface area contributed by atoms with E-state index < -0.39 is 0 Å². The number of fused-ring (bicyclic) bond motifs is 7. The lowest BCUT2D eigenvalue weighted by Crippen LogP contribution is -2.10. The summed E-state index contributed by atoms with van der Waals surface area (Å²) < 4.78 is 4.78. The molecule has 0 atom stereocenters. The van der Waals surface area contributed by atoms with Crippen molar-refractivity contribution in [3.05, 3.63) is 217 Å². The van der Waals surface area contributed by atoms with Gasteiger partial charge in [0.05, 0.1) is 44.5 Å². The molecule has 12 rings (SSSR count). The standard InChI is InChI=1S/C64H52N4/c1-63(2,3)47-31-35-59-53(39-47)51-37-45(29-33-57(51)67(59)49-15-9-7-10-16-49)41-21-25-43(26-22-41)61-62(66-56-20-14-13-19-55(56)65-61)44-27-23-42(24-28-44)46-30-34-58-52(38-46)54-40-48(64(4,5)6)32-36-60(54)68(58)50-17-11-8-12-18-50/h7-40H,1-6H3. The summed E-state index contributed by atoms with van der Waals surface area (Å²) in [5.41, 5.74) is 20.1. The Kier molecular flexibility index (Phi) is 9.60. The lowest BCUT2D eigenvalue weighted by Gasteiger charge is -2.19. The van der Waals surface area contributed by atoms with Gasteiger partial charge in [-0.2, -0.15) is 0 Å². The summed E-state index contributed by atoms with van der Waals surface area (Å²) in [6.45, 7) is 13.7. The van der Waals surface area contributed by atoms with Crippen molar-refractivity contribution < 1.29 is 0 Å². The van der Waals surface area contributed by atoms with Gasteiger partial charge in [0.2, 0.25) is 0 Å². The first kappa shape index (κ1) is 41.4. The average Bonchev–Trinajstić information content (AvgIpc) is 3.87. The SMILES string of the molecule is CC(C)(C)c1ccc2c(c1)c1cc(-c3ccc(-c4nc5ccccc5nc4-c4ccc(-c5ccc6c(c5)c5cc(C(C)(C)C)ccc5n6-c5ccccc5)cc4)cc3)ccc1n2-c1ccccc1. The van der Waals surface area contributed by atoms with E-state index in [-0.39, 0.29) is 10.8 Å². The fourth-order valence-electron chi connectivity index (χ4n) is 10.1. The molecule has 0 aliphatic rings.